The Morgan fingerprint density at radius 2 is 2.35 bits per heavy atom. The molecule has 1 N–H and O–H groups in total. The molecule has 1 aliphatic heterocycles. The van der Waals surface area contributed by atoms with Crippen LogP contribution in [0, 0.1) is 0 Å². The van der Waals surface area contributed by atoms with Crippen LogP contribution in [-0.2, 0) is 4.74 Å². The van der Waals surface area contributed by atoms with Gasteiger partial charge in [0, 0.05) is 19.3 Å². The number of hydrogen-bond donors (Lipinski definition) is 1. The van der Waals surface area contributed by atoms with Crippen molar-refractivity contribution in [3.05, 3.63) is 12.3 Å². The van der Waals surface area contributed by atoms with Crippen LogP contribution in [0.1, 0.15) is 20.8 Å². The summed E-state index contributed by atoms with van der Waals surface area (Å²) in [5.74, 6) is 1.65. The molecule has 0 atom stereocenters. The lowest BCUT2D eigenvalue weighted by Gasteiger charge is -2.42. The van der Waals surface area contributed by atoms with Crippen LogP contribution in [0.4, 0.5) is 11.8 Å². The highest BCUT2D eigenvalue weighted by Crippen LogP contribution is 2.25. The molecule has 2 rings (SSSR count). The van der Waals surface area contributed by atoms with Gasteiger partial charge in [0.1, 0.15) is 5.82 Å². The Balaban J connectivity index is 2.23. The highest BCUT2D eigenvalue weighted by molar-refractivity contribution is 5.45. The van der Waals surface area contributed by atoms with Gasteiger partial charge in [-0.25, -0.2) is 4.98 Å². The number of hydrogen-bond acceptors (Lipinski definition) is 5. The van der Waals surface area contributed by atoms with E-state index in [1.807, 2.05) is 13.0 Å². The Labute approximate surface area is 102 Å². The zero-order valence-corrected chi connectivity index (χ0v) is 10.7. The average molecular weight is 236 g/mol. The Bertz CT molecular complexity index is 381. The first-order valence-corrected chi connectivity index (χ1v) is 6.06. The van der Waals surface area contributed by atoms with Gasteiger partial charge in [0.25, 0.3) is 0 Å². The SMILES string of the molecule is CCNc1nccc(N2CCOCC2(C)C)n1. The van der Waals surface area contributed by atoms with Crippen LogP contribution in [0.15, 0.2) is 12.3 Å². The van der Waals surface area contributed by atoms with Crippen LogP contribution in [0.3, 0.4) is 0 Å². The molecule has 0 spiro atoms. The second-order valence-corrected chi connectivity index (χ2v) is 4.79. The standard InChI is InChI=1S/C12H20N4O/c1-4-13-11-14-6-5-10(15-11)16-7-8-17-9-12(16,2)3/h5-6H,4,7-9H2,1-3H3,(H,13,14,15). The molecule has 94 valence electrons. The van der Waals surface area contributed by atoms with Crippen molar-refractivity contribution < 1.29 is 4.74 Å². The lowest BCUT2D eigenvalue weighted by molar-refractivity contribution is 0.0639. The third kappa shape index (κ3) is 2.66. The van der Waals surface area contributed by atoms with Gasteiger partial charge in [0.2, 0.25) is 5.95 Å². The van der Waals surface area contributed by atoms with E-state index in [-0.39, 0.29) is 5.54 Å². The number of nitrogens with one attached hydrogen (secondary N) is 1. The summed E-state index contributed by atoms with van der Waals surface area (Å²) in [4.78, 5) is 11.0. The Morgan fingerprint density at radius 1 is 1.53 bits per heavy atom. The molecule has 17 heavy (non-hydrogen) atoms. The van der Waals surface area contributed by atoms with Crippen molar-refractivity contribution in [1.29, 1.82) is 0 Å². The quantitative estimate of drug-likeness (QED) is 0.862. The first-order chi connectivity index (χ1) is 8.13. The molecule has 2 heterocycles. The van der Waals surface area contributed by atoms with Gasteiger partial charge in [-0.1, -0.05) is 0 Å². The van der Waals surface area contributed by atoms with Crippen molar-refractivity contribution in [3.63, 3.8) is 0 Å². The molecule has 0 radical (unpaired) electrons. The summed E-state index contributed by atoms with van der Waals surface area (Å²) in [6.45, 7) is 9.56. The van der Waals surface area contributed by atoms with E-state index in [0.29, 0.717) is 5.95 Å². The molecule has 0 aliphatic carbocycles. The topological polar surface area (TPSA) is 50.3 Å². The maximum Gasteiger partial charge on any atom is 0.224 e. The molecule has 1 fully saturated rings. The van der Waals surface area contributed by atoms with Gasteiger partial charge < -0.3 is 15.0 Å². The highest BCUT2D eigenvalue weighted by atomic mass is 16.5. The molecule has 1 aromatic rings. The summed E-state index contributed by atoms with van der Waals surface area (Å²) in [6, 6.07) is 1.95. The number of aromatic nitrogens is 2. The molecule has 0 unspecified atom stereocenters. The smallest absolute Gasteiger partial charge is 0.224 e. The zero-order chi connectivity index (χ0) is 12.3. The van der Waals surface area contributed by atoms with E-state index in [2.05, 4.69) is 34.0 Å². The maximum atomic E-state index is 5.51. The van der Waals surface area contributed by atoms with E-state index in [1.165, 1.54) is 0 Å². The molecule has 0 saturated carbocycles. The van der Waals surface area contributed by atoms with Gasteiger partial charge in [-0.3, -0.25) is 0 Å². The normalized spacial score (nSPS) is 19.1. The fourth-order valence-corrected chi connectivity index (χ4v) is 2.03. The lowest BCUT2D eigenvalue weighted by atomic mass is 10.0. The molecule has 1 aliphatic rings. The number of nitrogens with zero attached hydrogens (tertiary/aromatic N) is 3. The minimum absolute atomic E-state index is 0.0178. The largest absolute Gasteiger partial charge is 0.377 e. The van der Waals surface area contributed by atoms with Gasteiger partial charge in [0.15, 0.2) is 0 Å². The third-order valence-corrected chi connectivity index (χ3v) is 2.90. The Morgan fingerprint density at radius 3 is 3.06 bits per heavy atom. The molecule has 0 aromatic carbocycles. The van der Waals surface area contributed by atoms with E-state index >= 15 is 0 Å². The van der Waals surface area contributed by atoms with Gasteiger partial charge in [-0.2, -0.15) is 4.98 Å². The molecule has 0 amide bonds. The van der Waals surface area contributed by atoms with Crippen LogP contribution in [-0.4, -0.2) is 41.8 Å². The fourth-order valence-electron chi connectivity index (χ4n) is 2.03. The first-order valence-electron chi connectivity index (χ1n) is 6.06. The van der Waals surface area contributed by atoms with E-state index in [4.69, 9.17) is 4.74 Å². The van der Waals surface area contributed by atoms with Crippen LogP contribution < -0.4 is 10.2 Å². The van der Waals surface area contributed by atoms with Crippen molar-refractivity contribution in [2.24, 2.45) is 0 Å². The minimum atomic E-state index is -0.0178. The average Bonchev–Trinajstić information content (AvgIpc) is 2.29. The van der Waals surface area contributed by atoms with E-state index in [9.17, 15) is 0 Å². The van der Waals surface area contributed by atoms with Crippen LogP contribution in [0.2, 0.25) is 0 Å². The third-order valence-electron chi connectivity index (χ3n) is 2.90. The number of anilines is 2. The number of rotatable bonds is 3. The summed E-state index contributed by atoms with van der Waals surface area (Å²) < 4.78 is 5.51. The predicted molar refractivity (Wildman–Crippen MR) is 68.4 cm³/mol. The molecule has 0 bridgehead atoms. The summed E-state index contributed by atoms with van der Waals surface area (Å²) in [7, 11) is 0. The van der Waals surface area contributed by atoms with Gasteiger partial charge in [-0.15, -0.1) is 0 Å². The second kappa shape index (κ2) is 4.87. The summed E-state index contributed by atoms with van der Waals surface area (Å²) in [5, 5.41) is 3.13. The molecular formula is C12H20N4O. The van der Waals surface area contributed by atoms with Crippen LogP contribution >= 0.6 is 0 Å². The summed E-state index contributed by atoms with van der Waals surface area (Å²) >= 11 is 0. The molecule has 5 heteroatoms. The maximum absolute atomic E-state index is 5.51. The van der Waals surface area contributed by atoms with Crippen molar-refractivity contribution in [3.8, 4) is 0 Å². The van der Waals surface area contributed by atoms with Crippen molar-refractivity contribution in [1.82, 2.24) is 9.97 Å². The number of morpholine rings is 1. The van der Waals surface area contributed by atoms with Gasteiger partial charge in [0.05, 0.1) is 18.8 Å². The van der Waals surface area contributed by atoms with Crippen LogP contribution in [0.5, 0.6) is 0 Å². The summed E-state index contributed by atoms with van der Waals surface area (Å²) in [6.07, 6.45) is 1.80. The molecular weight excluding hydrogens is 216 g/mol. The molecule has 1 aromatic heterocycles. The van der Waals surface area contributed by atoms with E-state index in [0.717, 1.165) is 32.1 Å². The first kappa shape index (κ1) is 12.1. The van der Waals surface area contributed by atoms with Crippen LogP contribution in [0.25, 0.3) is 0 Å². The Kier molecular flexibility index (Phi) is 3.47. The van der Waals surface area contributed by atoms with Crippen molar-refractivity contribution >= 4 is 11.8 Å². The fraction of sp³-hybridized carbons (Fsp3) is 0.667. The summed E-state index contributed by atoms with van der Waals surface area (Å²) in [5.41, 5.74) is -0.0178. The van der Waals surface area contributed by atoms with Gasteiger partial charge >= 0.3 is 0 Å². The monoisotopic (exact) mass is 236 g/mol. The van der Waals surface area contributed by atoms with Gasteiger partial charge in [-0.05, 0) is 26.8 Å². The van der Waals surface area contributed by atoms with Crippen molar-refractivity contribution in [2.75, 3.05) is 36.5 Å². The lowest BCUT2D eigenvalue weighted by Crippen LogP contribution is -2.53. The van der Waals surface area contributed by atoms with E-state index in [1.54, 1.807) is 6.20 Å². The molecule has 1 saturated heterocycles. The Hall–Kier alpha value is -1.36. The zero-order valence-electron chi connectivity index (χ0n) is 10.7. The number of ether oxygens (including phenoxy) is 1. The second-order valence-electron chi connectivity index (χ2n) is 4.79. The molecule has 5 nitrogen and oxygen atoms in total. The minimum Gasteiger partial charge on any atom is -0.377 e. The predicted octanol–water partition coefficient (Wildman–Crippen LogP) is 1.52. The van der Waals surface area contributed by atoms with Crippen molar-refractivity contribution in [2.45, 2.75) is 26.3 Å². The van der Waals surface area contributed by atoms with E-state index < -0.39 is 0 Å². The highest BCUT2D eigenvalue weighted by Gasteiger charge is 2.31.